The van der Waals surface area contributed by atoms with Crippen LogP contribution in [0.15, 0.2) is 6.07 Å². The van der Waals surface area contributed by atoms with Gasteiger partial charge in [-0.2, -0.15) is 0 Å². The number of anilines is 2. The second kappa shape index (κ2) is 6.71. The van der Waals surface area contributed by atoms with Gasteiger partial charge in [0.1, 0.15) is 17.5 Å². The van der Waals surface area contributed by atoms with Gasteiger partial charge < -0.3 is 15.6 Å². The van der Waals surface area contributed by atoms with Gasteiger partial charge in [-0.1, -0.05) is 13.8 Å². The van der Waals surface area contributed by atoms with Crippen LogP contribution in [0.2, 0.25) is 0 Å². The predicted octanol–water partition coefficient (Wildman–Crippen LogP) is 0.990. The molecule has 1 saturated heterocycles. The molecule has 21 heavy (non-hydrogen) atoms. The van der Waals surface area contributed by atoms with Crippen molar-refractivity contribution < 1.29 is 4.79 Å². The Morgan fingerprint density at radius 1 is 1.38 bits per heavy atom. The number of amides is 1. The Morgan fingerprint density at radius 3 is 2.57 bits per heavy atom. The molecule has 2 rings (SSSR count). The van der Waals surface area contributed by atoms with Crippen molar-refractivity contribution in [2.24, 2.45) is 5.84 Å². The second-order valence-corrected chi connectivity index (χ2v) is 5.73. The van der Waals surface area contributed by atoms with Crippen molar-refractivity contribution in [1.29, 1.82) is 0 Å². The quantitative estimate of drug-likeness (QED) is 0.566. The van der Waals surface area contributed by atoms with Gasteiger partial charge in [0.25, 0.3) is 0 Å². The third kappa shape index (κ3) is 4.04. The second-order valence-electron chi connectivity index (χ2n) is 5.73. The van der Waals surface area contributed by atoms with Crippen LogP contribution in [0.5, 0.6) is 0 Å². The summed E-state index contributed by atoms with van der Waals surface area (Å²) in [5.74, 6) is 8.07. The highest BCUT2D eigenvalue weighted by Gasteiger charge is 2.21. The number of nitrogens with zero attached hydrogens (tertiary/aromatic N) is 3. The number of carbonyl (C=O) groups is 1. The van der Waals surface area contributed by atoms with Crippen LogP contribution in [0.4, 0.5) is 11.6 Å². The van der Waals surface area contributed by atoms with E-state index in [4.69, 9.17) is 5.84 Å². The van der Waals surface area contributed by atoms with Gasteiger partial charge >= 0.3 is 0 Å². The molecule has 0 radical (unpaired) electrons. The molecule has 0 atom stereocenters. The van der Waals surface area contributed by atoms with E-state index in [9.17, 15) is 4.79 Å². The molecular weight excluding hydrogens is 268 g/mol. The molecule has 1 aliphatic rings. The normalized spacial score (nSPS) is 16.1. The number of aromatic nitrogens is 2. The Balaban J connectivity index is 2.09. The lowest BCUT2D eigenvalue weighted by atomic mass is 10.1. The van der Waals surface area contributed by atoms with E-state index in [1.54, 1.807) is 6.92 Å². The maximum atomic E-state index is 11.1. The first-order valence-electron chi connectivity index (χ1n) is 7.37. The highest BCUT2D eigenvalue weighted by atomic mass is 16.1. The summed E-state index contributed by atoms with van der Waals surface area (Å²) < 4.78 is 0. The third-order valence-electron chi connectivity index (χ3n) is 3.62. The van der Waals surface area contributed by atoms with E-state index in [1.165, 1.54) is 0 Å². The highest BCUT2D eigenvalue weighted by Crippen LogP contribution is 2.22. The number of hydrazine groups is 1. The van der Waals surface area contributed by atoms with Crippen molar-refractivity contribution in [3.63, 3.8) is 0 Å². The van der Waals surface area contributed by atoms with Crippen molar-refractivity contribution in [3.05, 3.63) is 11.9 Å². The van der Waals surface area contributed by atoms with Gasteiger partial charge in [0.05, 0.1) is 0 Å². The van der Waals surface area contributed by atoms with Crippen LogP contribution < -0.4 is 21.5 Å². The van der Waals surface area contributed by atoms with Gasteiger partial charge in [0.15, 0.2) is 0 Å². The molecule has 0 bridgehead atoms. The van der Waals surface area contributed by atoms with Crippen molar-refractivity contribution in [3.8, 4) is 0 Å². The van der Waals surface area contributed by atoms with Crippen molar-refractivity contribution in [2.45, 2.75) is 45.6 Å². The average molecular weight is 292 g/mol. The van der Waals surface area contributed by atoms with Gasteiger partial charge in [-0.25, -0.2) is 15.8 Å². The first kappa shape index (κ1) is 15.5. The fourth-order valence-electron chi connectivity index (χ4n) is 2.49. The Kier molecular flexibility index (Phi) is 4.95. The molecule has 1 amide bonds. The van der Waals surface area contributed by atoms with E-state index >= 15 is 0 Å². The summed E-state index contributed by atoms with van der Waals surface area (Å²) >= 11 is 0. The molecule has 7 heteroatoms. The monoisotopic (exact) mass is 292 g/mol. The van der Waals surface area contributed by atoms with Crippen LogP contribution in [-0.2, 0) is 4.79 Å². The summed E-state index contributed by atoms with van der Waals surface area (Å²) in [5.41, 5.74) is 2.60. The molecule has 116 valence electrons. The van der Waals surface area contributed by atoms with Gasteiger partial charge in [-0.05, 0) is 12.8 Å². The summed E-state index contributed by atoms with van der Waals surface area (Å²) in [7, 11) is 0. The molecule has 4 N–H and O–H groups in total. The minimum Gasteiger partial charge on any atom is -0.356 e. The van der Waals surface area contributed by atoms with Gasteiger partial charge in [0, 0.05) is 38.0 Å². The van der Waals surface area contributed by atoms with E-state index in [0.29, 0.717) is 5.82 Å². The van der Waals surface area contributed by atoms with Crippen LogP contribution >= 0.6 is 0 Å². The van der Waals surface area contributed by atoms with Gasteiger partial charge in [-0.15, -0.1) is 0 Å². The summed E-state index contributed by atoms with van der Waals surface area (Å²) in [4.78, 5) is 22.3. The van der Waals surface area contributed by atoms with Gasteiger partial charge in [0.2, 0.25) is 5.91 Å². The zero-order valence-electron chi connectivity index (χ0n) is 12.9. The summed E-state index contributed by atoms with van der Waals surface area (Å²) in [6.07, 6.45) is 1.85. The van der Waals surface area contributed by atoms with E-state index in [-0.39, 0.29) is 17.9 Å². The molecule has 0 spiro atoms. The molecule has 0 aliphatic carbocycles. The number of carbonyl (C=O) groups excluding carboxylic acids is 1. The zero-order valence-corrected chi connectivity index (χ0v) is 12.9. The first-order chi connectivity index (χ1) is 9.99. The van der Waals surface area contributed by atoms with E-state index in [0.717, 1.165) is 37.6 Å². The van der Waals surface area contributed by atoms with E-state index < -0.39 is 0 Å². The Bertz CT molecular complexity index is 496. The molecule has 7 nitrogen and oxygen atoms in total. The molecule has 0 unspecified atom stereocenters. The topological polar surface area (TPSA) is 96.2 Å². The lowest BCUT2D eigenvalue weighted by Gasteiger charge is -2.33. The number of nitrogen functional groups attached to an aromatic ring is 1. The average Bonchev–Trinajstić information content (AvgIpc) is 2.46. The minimum atomic E-state index is 0.0344. The molecule has 1 aromatic heterocycles. The molecule has 2 heterocycles. The minimum absolute atomic E-state index is 0.0344. The lowest BCUT2D eigenvalue weighted by molar-refractivity contribution is -0.119. The van der Waals surface area contributed by atoms with Crippen LogP contribution in [-0.4, -0.2) is 35.0 Å². The predicted molar refractivity (Wildman–Crippen MR) is 83.0 cm³/mol. The standard InChI is InChI=1S/C14H24N6O/c1-9(2)14-17-12(19-15)8-13(18-14)20-6-4-11(5-7-20)16-10(3)21/h8-9,11H,4-7,15H2,1-3H3,(H,16,21)(H,17,18,19). The van der Waals surface area contributed by atoms with Crippen LogP contribution in [0.1, 0.15) is 45.4 Å². The number of rotatable bonds is 4. The maximum absolute atomic E-state index is 11.1. The highest BCUT2D eigenvalue weighted by molar-refractivity contribution is 5.73. The lowest BCUT2D eigenvalue weighted by Crippen LogP contribution is -2.44. The number of piperidine rings is 1. The van der Waals surface area contributed by atoms with Crippen molar-refractivity contribution >= 4 is 17.5 Å². The third-order valence-corrected chi connectivity index (χ3v) is 3.62. The first-order valence-corrected chi connectivity index (χ1v) is 7.37. The van der Waals surface area contributed by atoms with Crippen LogP contribution in [0.3, 0.4) is 0 Å². The van der Waals surface area contributed by atoms with Crippen LogP contribution in [0, 0.1) is 0 Å². The fourth-order valence-corrected chi connectivity index (χ4v) is 2.49. The zero-order chi connectivity index (χ0) is 15.4. The fraction of sp³-hybridized carbons (Fsp3) is 0.643. The number of hydrogen-bond acceptors (Lipinski definition) is 6. The van der Waals surface area contributed by atoms with E-state index in [1.807, 2.05) is 6.07 Å². The van der Waals surface area contributed by atoms with Gasteiger partial charge in [-0.3, -0.25) is 4.79 Å². The molecule has 1 aromatic rings. The molecule has 0 saturated carbocycles. The van der Waals surface area contributed by atoms with Crippen molar-refractivity contribution in [2.75, 3.05) is 23.4 Å². The molecular formula is C14H24N6O. The SMILES string of the molecule is CC(=O)NC1CCN(c2cc(NN)nc(C(C)C)n2)CC1. The Morgan fingerprint density at radius 2 is 2.05 bits per heavy atom. The number of hydrogen-bond donors (Lipinski definition) is 3. The Hall–Kier alpha value is -1.89. The summed E-state index contributed by atoms with van der Waals surface area (Å²) in [6, 6.07) is 2.13. The number of nitrogens with two attached hydrogens (primary N) is 1. The Labute approximate surface area is 125 Å². The largest absolute Gasteiger partial charge is 0.356 e. The molecule has 0 aromatic carbocycles. The maximum Gasteiger partial charge on any atom is 0.217 e. The van der Waals surface area contributed by atoms with Crippen molar-refractivity contribution in [1.82, 2.24) is 15.3 Å². The smallest absolute Gasteiger partial charge is 0.217 e. The number of nitrogens with one attached hydrogen (secondary N) is 2. The summed E-state index contributed by atoms with van der Waals surface area (Å²) in [6.45, 7) is 7.41. The van der Waals surface area contributed by atoms with E-state index in [2.05, 4.69) is 39.5 Å². The van der Waals surface area contributed by atoms with Crippen LogP contribution in [0.25, 0.3) is 0 Å². The summed E-state index contributed by atoms with van der Waals surface area (Å²) in [5, 5.41) is 2.98. The molecule has 1 fully saturated rings. The molecule has 1 aliphatic heterocycles.